The van der Waals surface area contributed by atoms with E-state index in [1.807, 2.05) is 12.3 Å². The summed E-state index contributed by atoms with van der Waals surface area (Å²) in [5.74, 6) is 0.0960. The van der Waals surface area contributed by atoms with E-state index in [0.717, 1.165) is 10.7 Å². The first kappa shape index (κ1) is 16.4. The number of ether oxygens (including phenoxy) is 1. The average Bonchev–Trinajstić information content (AvgIpc) is 2.87. The van der Waals surface area contributed by atoms with Crippen LogP contribution >= 0.6 is 27.3 Å². The Labute approximate surface area is 140 Å². The molecule has 2 rings (SSSR count). The molecule has 0 bridgehead atoms. The lowest BCUT2D eigenvalue weighted by Gasteiger charge is -2.06. The van der Waals surface area contributed by atoms with Crippen LogP contribution in [-0.2, 0) is 11.2 Å². The highest BCUT2D eigenvalue weighted by Crippen LogP contribution is 2.34. The summed E-state index contributed by atoms with van der Waals surface area (Å²) in [4.78, 5) is 15.9. The Morgan fingerprint density at radius 2 is 2.36 bits per heavy atom. The highest BCUT2D eigenvalue weighted by Gasteiger charge is 2.08. The maximum Gasteiger partial charge on any atom is 0.246 e. The third kappa shape index (κ3) is 4.28. The van der Waals surface area contributed by atoms with Gasteiger partial charge in [-0.3, -0.25) is 4.79 Å². The molecule has 116 valence electrons. The van der Waals surface area contributed by atoms with Gasteiger partial charge in [0, 0.05) is 11.1 Å². The molecule has 0 aliphatic rings. The minimum Gasteiger partial charge on any atom is -0.503 e. The SMILES string of the molecule is COc1cc(/C=N/NC(=O)Cc2nc(C)cs2)cc(Br)c1O. The number of amides is 1. The van der Waals surface area contributed by atoms with Gasteiger partial charge >= 0.3 is 0 Å². The lowest BCUT2D eigenvalue weighted by Crippen LogP contribution is -2.19. The molecule has 0 radical (unpaired) electrons. The number of hydrogen-bond acceptors (Lipinski definition) is 6. The summed E-state index contributed by atoms with van der Waals surface area (Å²) >= 11 is 4.66. The largest absolute Gasteiger partial charge is 0.503 e. The van der Waals surface area contributed by atoms with Gasteiger partial charge < -0.3 is 9.84 Å². The first-order valence-corrected chi connectivity index (χ1v) is 7.96. The molecule has 22 heavy (non-hydrogen) atoms. The molecule has 2 N–H and O–H groups in total. The molecule has 2 aromatic rings. The van der Waals surface area contributed by atoms with Gasteiger partial charge in [0.15, 0.2) is 11.5 Å². The molecular weight excluding hydrogens is 370 g/mol. The lowest BCUT2D eigenvalue weighted by atomic mass is 10.2. The molecule has 0 aliphatic heterocycles. The van der Waals surface area contributed by atoms with E-state index in [1.165, 1.54) is 24.7 Å². The maximum atomic E-state index is 11.7. The molecule has 8 heteroatoms. The summed E-state index contributed by atoms with van der Waals surface area (Å²) in [6, 6.07) is 3.28. The number of benzene rings is 1. The quantitative estimate of drug-likeness (QED) is 0.613. The molecular formula is C14H14BrN3O3S. The van der Waals surface area contributed by atoms with Crippen molar-refractivity contribution in [3.63, 3.8) is 0 Å². The molecule has 0 spiro atoms. The number of aromatic hydroxyl groups is 1. The Bertz CT molecular complexity index is 715. The van der Waals surface area contributed by atoms with E-state index in [0.29, 0.717) is 15.8 Å². The van der Waals surface area contributed by atoms with Crippen LogP contribution in [0.5, 0.6) is 11.5 Å². The van der Waals surface area contributed by atoms with Crippen molar-refractivity contribution in [2.75, 3.05) is 7.11 Å². The van der Waals surface area contributed by atoms with Crippen LogP contribution in [0.3, 0.4) is 0 Å². The van der Waals surface area contributed by atoms with Crippen LogP contribution in [0, 0.1) is 6.92 Å². The highest BCUT2D eigenvalue weighted by atomic mass is 79.9. The Kier molecular flexibility index (Phi) is 5.51. The van der Waals surface area contributed by atoms with E-state index < -0.39 is 0 Å². The summed E-state index contributed by atoms with van der Waals surface area (Å²) in [5, 5.41) is 16.2. The minimum atomic E-state index is -0.240. The molecule has 0 saturated heterocycles. The van der Waals surface area contributed by atoms with E-state index in [9.17, 15) is 9.90 Å². The van der Waals surface area contributed by atoms with Crippen molar-refractivity contribution in [3.05, 3.63) is 38.3 Å². The lowest BCUT2D eigenvalue weighted by molar-refractivity contribution is -0.120. The number of methoxy groups -OCH3 is 1. The number of hydrazone groups is 1. The fourth-order valence-corrected chi connectivity index (χ4v) is 2.89. The van der Waals surface area contributed by atoms with Crippen molar-refractivity contribution in [1.82, 2.24) is 10.4 Å². The zero-order valence-electron chi connectivity index (χ0n) is 12.0. The molecule has 0 atom stereocenters. The summed E-state index contributed by atoms with van der Waals surface area (Å²) < 4.78 is 5.52. The number of halogens is 1. The van der Waals surface area contributed by atoms with Crippen LogP contribution in [-0.4, -0.2) is 29.3 Å². The average molecular weight is 384 g/mol. The molecule has 1 aromatic heterocycles. The smallest absolute Gasteiger partial charge is 0.246 e. The van der Waals surface area contributed by atoms with Gasteiger partial charge in [-0.1, -0.05) is 0 Å². The standard InChI is InChI=1S/C14H14BrN3O3S/c1-8-7-22-13(17-8)5-12(19)18-16-6-9-3-10(15)14(20)11(4-9)21-2/h3-4,6-7,20H,5H2,1-2H3,(H,18,19)/b16-6+. The third-order valence-electron chi connectivity index (χ3n) is 2.65. The second kappa shape index (κ2) is 7.37. The highest BCUT2D eigenvalue weighted by molar-refractivity contribution is 9.10. The number of phenols is 1. The number of thiazole rings is 1. The van der Waals surface area contributed by atoms with Crippen molar-refractivity contribution in [2.45, 2.75) is 13.3 Å². The Morgan fingerprint density at radius 1 is 1.59 bits per heavy atom. The van der Waals surface area contributed by atoms with Gasteiger partial charge in [-0.25, -0.2) is 10.4 Å². The van der Waals surface area contributed by atoms with E-state index in [2.05, 4.69) is 31.4 Å². The maximum absolute atomic E-state index is 11.7. The second-order valence-electron chi connectivity index (χ2n) is 4.41. The van der Waals surface area contributed by atoms with E-state index >= 15 is 0 Å². The number of nitrogens with one attached hydrogen (secondary N) is 1. The van der Waals surface area contributed by atoms with Crippen molar-refractivity contribution >= 4 is 39.4 Å². The number of aromatic nitrogens is 1. The zero-order valence-corrected chi connectivity index (χ0v) is 14.4. The predicted molar refractivity (Wildman–Crippen MR) is 88.7 cm³/mol. The third-order valence-corrected chi connectivity index (χ3v) is 4.22. The van der Waals surface area contributed by atoms with Crippen molar-refractivity contribution < 1.29 is 14.6 Å². The number of hydrogen-bond donors (Lipinski definition) is 2. The Morgan fingerprint density at radius 3 is 3.00 bits per heavy atom. The number of nitrogens with zero attached hydrogens (tertiary/aromatic N) is 2. The molecule has 0 aliphatic carbocycles. The van der Waals surface area contributed by atoms with Crippen molar-refractivity contribution in [1.29, 1.82) is 0 Å². The van der Waals surface area contributed by atoms with Gasteiger partial charge in [-0.15, -0.1) is 11.3 Å². The molecule has 0 unspecified atom stereocenters. The van der Waals surface area contributed by atoms with Gasteiger partial charge in [0.25, 0.3) is 0 Å². The van der Waals surface area contributed by atoms with Crippen molar-refractivity contribution in [2.24, 2.45) is 5.10 Å². The monoisotopic (exact) mass is 383 g/mol. The van der Waals surface area contributed by atoms with E-state index in [-0.39, 0.29) is 18.1 Å². The van der Waals surface area contributed by atoms with Crippen LogP contribution in [0.1, 0.15) is 16.3 Å². The first-order chi connectivity index (χ1) is 10.5. The van der Waals surface area contributed by atoms with Gasteiger partial charge in [0.1, 0.15) is 5.01 Å². The van der Waals surface area contributed by atoms with Crippen LogP contribution in [0.4, 0.5) is 0 Å². The zero-order chi connectivity index (χ0) is 16.1. The van der Waals surface area contributed by atoms with Crippen LogP contribution in [0.25, 0.3) is 0 Å². The van der Waals surface area contributed by atoms with Gasteiger partial charge in [-0.05, 0) is 40.5 Å². The van der Waals surface area contributed by atoms with Gasteiger partial charge in [-0.2, -0.15) is 5.10 Å². The summed E-state index contributed by atoms with van der Waals surface area (Å²) in [6.45, 7) is 1.88. The molecule has 0 fully saturated rings. The van der Waals surface area contributed by atoms with Crippen LogP contribution < -0.4 is 10.2 Å². The topological polar surface area (TPSA) is 83.8 Å². The summed E-state index contributed by atoms with van der Waals surface area (Å²) in [7, 11) is 1.46. The number of carbonyl (C=O) groups is 1. The number of carbonyl (C=O) groups excluding carboxylic acids is 1. The Hall–Kier alpha value is -1.93. The molecule has 0 saturated carbocycles. The van der Waals surface area contributed by atoms with E-state index in [1.54, 1.807) is 12.1 Å². The summed E-state index contributed by atoms with van der Waals surface area (Å²) in [5.41, 5.74) is 4.01. The molecule has 1 aromatic carbocycles. The molecule has 1 heterocycles. The minimum absolute atomic E-state index is 0.0165. The fourth-order valence-electron chi connectivity index (χ4n) is 1.66. The number of phenolic OH excluding ortho intramolecular Hbond substituents is 1. The van der Waals surface area contributed by atoms with Crippen LogP contribution in [0.2, 0.25) is 0 Å². The van der Waals surface area contributed by atoms with Gasteiger partial charge in [0.05, 0.1) is 24.2 Å². The molecule has 6 nitrogen and oxygen atoms in total. The predicted octanol–water partition coefficient (Wildman–Crippen LogP) is 2.62. The number of aryl methyl sites for hydroxylation is 1. The second-order valence-corrected chi connectivity index (χ2v) is 6.20. The van der Waals surface area contributed by atoms with E-state index in [4.69, 9.17) is 4.74 Å². The van der Waals surface area contributed by atoms with Gasteiger partial charge in [0.2, 0.25) is 5.91 Å². The normalized spacial score (nSPS) is 10.9. The first-order valence-electron chi connectivity index (χ1n) is 6.29. The summed E-state index contributed by atoms with van der Waals surface area (Å²) in [6.07, 6.45) is 1.66. The van der Waals surface area contributed by atoms with Crippen molar-refractivity contribution in [3.8, 4) is 11.5 Å². The number of rotatable bonds is 5. The fraction of sp³-hybridized carbons (Fsp3) is 0.214. The van der Waals surface area contributed by atoms with Crippen LogP contribution in [0.15, 0.2) is 27.1 Å². The molecule has 1 amide bonds. The Balaban J connectivity index is 1.97.